The molecule has 0 fully saturated rings. The second-order valence-electron chi connectivity index (χ2n) is 4.31. The topological polar surface area (TPSA) is 35.2 Å². The van der Waals surface area contributed by atoms with Crippen LogP contribution in [-0.2, 0) is 11.3 Å². The molecule has 0 aromatic heterocycles. The number of hydrogen-bond acceptors (Lipinski definition) is 2. The molecule has 0 spiro atoms. The van der Waals surface area contributed by atoms with Gasteiger partial charge in [-0.1, -0.05) is 19.9 Å². The highest BCUT2D eigenvalue weighted by Crippen LogP contribution is 2.18. The van der Waals surface area contributed by atoms with E-state index in [-0.39, 0.29) is 11.4 Å². The minimum absolute atomic E-state index is 0.253. The molecular formula is C13H19BrFNO. The maximum atomic E-state index is 13.0. The molecule has 0 unspecified atom stereocenters. The summed E-state index contributed by atoms with van der Waals surface area (Å²) in [6, 6.07) is 4.87. The fraction of sp³-hybridized carbons (Fsp3) is 0.538. The molecule has 0 saturated carbocycles. The third-order valence-corrected chi connectivity index (χ3v) is 3.66. The van der Waals surface area contributed by atoms with Crippen LogP contribution in [0.5, 0.6) is 0 Å². The Kier molecular flexibility index (Phi) is 5.56. The van der Waals surface area contributed by atoms with Crippen LogP contribution in [0.1, 0.15) is 32.3 Å². The van der Waals surface area contributed by atoms with E-state index in [0.717, 1.165) is 18.4 Å². The molecule has 96 valence electrons. The summed E-state index contributed by atoms with van der Waals surface area (Å²) in [5.74, 6) is -0.260. The molecule has 2 N–H and O–H groups in total. The van der Waals surface area contributed by atoms with Gasteiger partial charge in [0.1, 0.15) is 5.82 Å². The highest BCUT2D eigenvalue weighted by Gasteiger charge is 2.20. The van der Waals surface area contributed by atoms with Crippen LogP contribution < -0.4 is 5.73 Å². The first-order chi connectivity index (χ1) is 8.00. The number of hydrogen-bond donors (Lipinski definition) is 1. The molecule has 1 rings (SSSR count). The van der Waals surface area contributed by atoms with Crippen LogP contribution >= 0.6 is 15.9 Å². The predicted octanol–water partition coefficient (Wildman–Crippen LogP) is 3.62. The first kappa shape index (κ1) is 14.6. The van der Waals surface area contributed by atoms with Crippen molar-refractivity contribution < 1.29 is 9.13 Å². The molecule has 2 nitrogen and oxygen atoms in total. The van der Waals surface area contributed by atoms with Crippen molar-refractivity contribution in [3.8, 4) is 0 Å². The van der Waals surface area contributed by atoms with E-state index >= 15 is 0 Å². The van der Waals surface area contributed by atoms with Crippen LogP contribution in [-0.4, -0.2) is 12.1 Å². The van der Waals surface area contributed by atoms with E-state index in [9.17, 15) is 4.39 Å². The molecule has 1 aromatic carbocycles. The first-order valence-corrected chi connectivity index (χ1v) is 6.60. The quantitative estimate of drug-likeness (QED) is 0.871. The van der Waals surface area contributed by atoms with Gasteiger partial charge >= 0.3 is 0 Å². The fourth-order valence-electron chi connectivity index (χ4n) is 1.46. The highest BCUT2D eigenvalue weighted by molar-refractivity contribution is 9.10. The van der Waals surface area contributed by atoms with Crippen molar-refractivity contribution in [2.45, 2.75) is 38.8 Å². The Morgan fingerprint density at radius 3 is 2.53 bits per heavy atom. The summed E-state index contributed by atoms with van der Waals surface area (Å²) >= 11 is 3.15. The number of benzene rings is 1. The molecule has 0 heterocycles. The minimum atomic E-state index is -0.260. The Morgan fingerprint density at radius 1 is 1.35 bits per heavy atom. The Balaban J connectivity index is 2.48. The van der Waals surface area contributed by atoms with Crippen molar-refractivity contribution in [1.82, 2.24) is 0 Å². The molecule has 0 aliphatic carbocycles. The van der Waals surface area contributed by atoms with E-state index in [2.05, 4.69) is 29.8 Å². The molecule has 0 saturated heterocycles. The van der Waals surface area contributed by atoms with Gasteiger partial charge in [-0.25, -0.2) is 4.39 Å². The molecule has 0 radical (unpaired) electrons. The maximum absolute atomic E-state index is 13.0. The number of rotatable bonds is 6. The fourth-order valence-corrected chi connectivity index (χ4v) is 1.88. The maximum Gasteiger partial charge on any atom is 0.137 e. The van der Waals surface area contributed by atoms with Crippen LogP contribution in [0, 0.1) is 5.82 Å². The summed E-state index contributed by atoms with van der Waals surface area (Å²) in [6.45, 7) is 5.09. The molecule has 1 aromatic rings. The normalized spacial score (nSPS) is 11.8. The van der Waals surface area contributed by atoms with Crippen LogP contribution in [0.25, 0.3) is 0 Å². The summed E-state index contributed by atoms with van der Waals surface area (Å²) in [4.78, 5) is 0. The van der Waals surface area contributed by atoms with E-state index in [1.165, 1.54) is 6.07 Å². The Hall–Kier alpha value is -0.450. The van der Waals surface area contributed by atoms with Gasteiger partial charge in [0.05, 0.1) is 17.7 Å². The lowest BCUT2D eigenvalue weighted by atomic mass is 9.96. The Morgan fingerprint density at radius 2 is 2.00 bits per heavy atom. The highest BCUT2D eigenvalue weighted by atomic mass is 79.9. The van der Waals surface area contributed by atoms with Crippen LogP contribution in [0.15, 0.2) is 22.7 Å². The van der Waals surface area contributed by atoms with Gasteiger partial charge in [0.15, 0.2) is 0 Å². The average molecular weight is 304 g/mol. The van der Waals surface area contributed by atoms with Crippen molar-refractivity contribution in [2.75, 3.05) is 6.61 Å². The van der Waals surface area contributed by atoms with Gasteiger partial charge < -0.3 is 10.5 Å². The zero-order valence-corrected chi connectivity index (χ0v) is 11.9. The van der Waals surface area contributed by atoms with Crippen molar-refractivity contribution in [2.24, 2.45) is 5.73 Å². The van der Waals surface area contributed by atoms with Crippen LogP contribution in [0.3, 0.4) is 0 Å². The monoisotopic (exact) mass is 303 g/mol. The van der Waals surface area contributed by atoms with Gasteiger partial charge in [-0.2, -0.15) is 0 Å². The SMILES string of the molecule is CCC(N)(CC)COCc1ccc(F)c(Br)c1. The van der Waals surface area contributed by atoms with Gasteiger partial charge in [0, 0.05) is 5.54 Å². The average Bonchev–Trinajstić information content (AvgIpc) is 2.33. The summed E-state index contributed by atoms with van der Waals surface area (Å²) in [5.41, 5.74) is 6.81. The molecule has 4 heteroatoms. The molecule has 0 aliphatic heterocycles. The van der Waals surface area contributed by atoms with Gasteiger partial charge in [0.25, 0.3) is 0 Å². The minimum Gasteiger partial charge on any atom is -0.375 e. The molecule has 0 amide bonds. The zero-order valence-electron chi connectivity index (χ0n) is 10.3. The van der Waals surface area contributed by atoms with E-state index < -0.39 is 0 Å². The molecule has 0 bridgehead atoms. The van der Waals surface area contributed by atoms with E-state index in [1.807, 2.05) is 0 Å². The van der Waals surface area contributed by atoms with E-state index in [1.54, 1.807) is 12.1 Å². The third kappa shape index (κ3) is 4.37. The Bertz CT molecular complexity index is 366. The lowest BCUT2D eigenvalue weighted by molar-refractivity contribution is 0.0696. The van der Waals surface area contributed by atoms with Gasteiger partial charge in [0.2, 0.25) is 0 Å². The molecule has 17 heavy (non-hydrogen) atoms. The standard InChI is InChI=1S/C13H19BrFNO/c1-3-13(16,4-2)9-17-8-10-5-6-12(15)11(14)7-10/h5-7H,3-4,8-9,16H2,1-2H3. The van der Waals surface area contributed by atoms with Crippen LogP contribution in [0.4, 0.5) is 4.39 Å². The predicted molar refractivity (Wildman–Crippen MR) is 71.3 cm³/mol. The van der Waals surface area contributed by atoms with Crippen molar-refractivity contribution >= 4 is 15.9 Å². The lowest BCUT2D eigenvalue weighted by Crippen LogP contribution is -2.43. The number of nitrogens with two attached hydrogens (primary N) is 1. The zero-order chi connectivity index (χ0) is 12.9. The summed E-state index contributed by atoms with van der Waals surface area (Å²) in [7, 11) is 0. The van der Waals surface area contributed by atoms with E-state index in [4.69, 9.17) is 10.5 Å². The lowest BCUT2D eigenvalue weighted by Gasteiger charge is -2.26. The van der Waals surface area contributed by atoms with Crippen molar-refractivity contribution in [3.63, 3.8) is 0 Å². The van der Waals surface area contributed by atoms with Gasteiger partial charge in [-0.05, 0) is 46.5 Å². The summed E-state index contributed by atoms with van der Waals surface area (Å²) < 4.78 is 19.1. The first-order valence-electron chi connectivity index (χ1n) is 5.81. The van der Waals surface area contributed by atoms with Crippen molar-refractivity contribution in [3.05, 3.63) is 34.1 Å². The number of halogens is 2. The third-order valence-electron chi connectivity index (χ3n) is 3.05. The largest absolute Gasteiger partial charge is 0.375 e. The molecule has 0 aliphatic rings. The van der Waals surface area contributed by atoms with Crippen LogP contribution in [0.2, 0.25) is 0 Å². The van der Waals surface area contributed by atoms with E-state index in [0.29, 0.717) is 17.7 Å². The summed E-state index contributed by atoms with van der Waals surface area (Å²) in [6.07, 6.45) is 1.77. The summed E-state index contributed by atoms with van der Waals surface area (Å²) in [5, 5.41) is 0. The second-order valence-corrected chi connectivity index (χ2v) is 5.17. The van der Waals surface area contributed by atoms with Crippen molar-refractivity contribution in [1.29, 1.82) is 0 Å². The second kappa shape index (κ2) is 6.47. The van der Waals surface area contributed by atoms with Gasteiger partial charge in [-0.15, -0.1) is 0 Å². The number of ether oxygens (including phenoxy) is 1. The smallest absolute Gasteiger partial charge is 0.137 e. The molecule has 0 atom stereocenters. The Labute approximate surface area is 110 Å². The molecular weight excluding hydrogens is 285 g/mol. The van der Waals surface area contributed by atoms with Gasteiger partial charge in [-0.3, -0.25) is 0 Å².